The summed E-state index contributed by atoms with van der Waals surface area (Å²) in [6, 6.07) is 0. The molecule has 1 aromatic carbocycles. The van der Waals surface area contributed by atoms with Crippen LogP contribution in [0.2, 0.25) is 0 Å². The molecule has 0 aliphatic carbocycles. The van der Waals surface area contributed by atoms with Gasteiger partial charge in [0.1, 0.15) is 5.75 Å². The predicted octanol–water partition coefficient (Wildman–Crippen LogP) is 2.57. The summed E-state index contributed by atoms with van der Waals surface area (Å²) in [7, 11) is 3.35. The topological polar surface area (TPSA) is 50.4 Å². The molecule has 0 saturated carbocycles. The van der Waals surface area contributed by atoms with Crippen molar-refractivity contribution >= 4 is 21.8 Å². The van der Waals surface area contributed by atoms with Crippen molar-refractivity contribution in [2.45, 2.75) is 33.6 Å². The summed E-state index contributed by atoms with van der Waals surface area (Å²) in [4.78, 5) is 11.5. The minimum Gasteiger partial charge on any atom is -0.496 e. The third-order valence-electron chi connectivity index (χ3n) is 3.36. The highest BCUT2D eigenvalue weighted by Gasteiger charge is 2.17. The van der Waals surface area contributed by atoms with Crippen molar-refractivity contribution in [3.63, 3.8) is 0 Å². The number of benzene rings is 1. The predicted molar refractivity (Wildman–Crippen MR) is 80.4 cm³/mol. The molecule has 5 heteroatoms. The molecule has 0 bridgehead atoms. The first kappa shape index (κ1) is 16.0. The first-order valence-electron chi connectivity index (χ1n) is 6.21. The van der Waals surface area contributed by atoms with Crippen molar-refractivity contribution in [1.82, 2.24) is 10.9 Å². The zero-order valence-corrected chi connectivity index (χ0v) is 13.7. The van der Waals surface area contributed by atoms with Crippen LogP contribution in [0.15, 0.2) is 4.47 Å². The Morgan fingerprint density at radius 1 is 1.21 bits per heavy atom. The number of hydrazine groups is 1. The van der Waals surface area contributed by atoms with E-state index in [1.165, 1.54) is 5.56 Å². The maximum absolute atomic E-state index is 11.5. The van der Waals surface area contributed by atoms with Crippen molar-refractivity contribution in [3.8, 4) is 5.75 Å². The van der Waals surface area contributed by atoms with Crippen LogP contribution in [0.4, 0.5) is 0 Å². The molecule has 0 saturated heterocycles. The zero-order valence-electron chi connectivity index (χ0n) is 12.1. The van der Waals surface area contributed by atoms with E-state index in [-0.39, 0.29) is 5.91 Å². The molecule has 0 radical (unpaired) electrons. The molecule has 0 aliphatic rings. The number of halogens is 1. The Bertz CT molecular complexity index is 487. The summed E-state index contributed by atoms with van der Waals surface area (Å²) in [5, 5.41) is 0. The highest BCUT2D eigenvalue weighted by atomic mass is 79.9. The molecule has 0 aromatic heterocycles. The Morgan fingerprint density at radius 2 is 1.84 bits per heavy atom. The van der Waals surface area contributed by atoms with E-state index in [9.17, 15) is 4.79 Å². The molecule has 0 fully saturated rings. The van der Waals surface area contributed by atoms with Crippen LogP contribution in [0.25, 0.3) is 0 Å². The van der Waals surface area contributed by atoms with Crippen molar-refractivity contribution in [2.24, 2.45) is 0 Å². The molecule has 0 aliphatic heterocycles. The number of hydrogen-bond donors (Lipinski definition) is 2. The number of carbonyl (C=O) groups is 1. The van der Waals surface area contributed by atoms with E-state index >= 15 is 0 Å². The van der Waals surface area contributed by atoms with E-state index in [0.717, 1.165) is 26.9 Å². The Morgan fingerprint density at radius 3 is 2.37 bits per heavy atom. The van der Waals surface area contributed by atoms with E-state index in [4.69, 9.17) is 4.74 Å². The van der Waals surface area contributed by atoms with Gasteiger partial charge in [-0.15, -0.1) is 0 Å². The van der Waals surface area contributed by atoms with Gasteiger partial charge in [-0.05, 0) is 49.4 Å². The molecule has 0 spiro atoms. The SMILES string of the molecule is CNNC(=O)CCc1c(C)c(Br)c(C)c(C)c1OC. The Balaban J connectivity index is 3.09. The van der Waals surface area contributed by atoms with E-state index in [2.05, 4.69) is 33.7 Å². The lowest BCUT2D eigenvalue weighted by molar-refractivity contribution is -0.121. The van der Waals surface area contributed by atoms with Gasteiger partial charge < -0.3 is 4.74 Å². The molecular weight excluding hydrogens is 308 g/mol. The molecule has 1 aromatic rings. The number of amides is 1. The van der Waals surface area contributed by atoms with Crippen LogP contribution < -0.4 is 15.6 Å². The van der Waals surface area contributed by atoms with Gasteiger partial charge in [0.2, 0.25) is 5.91 Å². The molecule has 1 amide bonds. The Kier molecular flexibility index (Phi) is 5.82. The third kappa shape index (κ3) is 3.48. The quantitative estimate of drug-likeness (QED) is 0.817. The van der Waals surface area contributed by atoms with Crippen LogP contribution in [-0.2, 0) is 11.2 Å². The third-order valence-corrected chi connectivity index (χ3v) is 4.55. The monoisotopic (exact) mass is 328 g/mol. The van der Waals surface area contributed by atoms with Gasteiger partial charge in [0.05, 0.1) is 7.11 Å². The molecule has 0 unspecified atom stereocenters. The van der Waals surface area contributed by atoms with Crippen LogP contribution in [-0.4, -0.2) is 20.1 Å². The molecule has 2 N–H and O–H groups in total. The van der Waals surface area contributed by atoms with Gasteiger partial charge in [-0.2, -0.15) is 0 Å². The van der Waals surface area contributed by atoms with Gasteiger partial charge in [-0.3, -0.25) is 10.2 Å². The molecule has 1 rings (SSSR count). The lowest BCUT2D eigenvalue weighted by Crippen LogP contribution is -2.34. The van der Waals surface area contributed by atoms with Crippen LogP contribution in [0.5, 0.6) is 5.75 Å². The van der Waals surface area contributed by atoms with Gasteiger partial charge in [0.25, 0.3) is 0 Å². The largest absolute Gasteiger partial charge is 0.496 e. The average molecular weight is 329 g/mol. The fourth-order valence-electron chi connectivity index (χ4n) is 2.16. The average Bonchev–Trinajstić information content (AvgIpc) is 2.39. The number of ether oxygens (including phenoxy) is 1. The second-order valence-electron chi connectivity index (χ2n) is 4.50. The fourth-order valence-corrected chi connectivity index (χ4v) is 2.70. The highest BCUT2D eigenvalue weighted by Crippen LogP contribution is 2.36. The minimum atomic E-state index is -0.0293. The second kappa shape index (κ2) is 6.91. The van der Waals surface area contributed by atoms with Crippen molar-refractivity contribution in [1.29, 1.82) is 0 Å². The second-order valence-corrected chi connectivity index (χ2v) is 5.29. The standard InChI is InChI=1S/C14H21BrN2O2/c1-8-9(2)14(19-5)11(10(3)13(8)15)6-7-12(18)17-16-4/h16H,6-7H2,1-5H3,(H,17,18). The smallest absolute Gasteiger partial charge is 0.234 e. The van der Waals surface area contributed by atoms with Crippen LogP contribution >= 0.6 is 15.9 Å². The number of nitrogens with one attached hydrogen (secondary N) is 2. The Labute approximate surface area is 123 Å². The zero-order chi connectivity index (χ0) is 14.6. The van der Waals surface area contributed by atoms with Crippen molar-refractivity contribution in [3.05, 3.63) is 26.7 Å². The van der Waals surface area contributed by atoms with Gasteiger partial charge >= 0.3 is 0 Å². The van der Waals surface area contributed by atoms with Gasteiger partial charge in [-0.1, -0.05) is 15.9 Å². The number of rotatable bonds is 5. The number of carbonyl (C=O) groups excluding carboxylic acids is 1. The van der Waals surface area contributed by atoms with Crippen molar-refractivity contribution in [2.75, 3.05) is 14.2 Å². The Hall–Kier alpha value is -1.07. The minimum absolute atomic E-state index is 0.0293. The maximum atomic E-state index is 11.5. The number of methoxy groups -OCH3 is 1. The van der Waals surface area contributed by atoms with E-state index in [1.54, 1.807) is 14.2 Å². The van der Waals surface area contributed by atoms with Crippen LogP contribution in [0.3, 0.4) is 0 Å². The summed E-state index contributed by atoms with van der Waals surface area (Å²) in [6.45, 7) is 6.15. The normalized spacial score (nSPS) is 10.4. The number of hydrogen-bond acceptors (Lipinski definition) is 3. The molecule has 106 valence electrons. The lowest BCUT2D eigenvalue weighted by Gasteiger charge is -2.18. The molecule has 0 atom stereocenters. The summed E-state index contributed by atoms with van der Waals surface area (Å²) >= 11 is 3.61. The van der Waals surface area contributed by atoms with Gasteiger partial charge in [0, 0.05) is 17.9 Å². The molecule has 0 heterocycles. The summed E-state index contributed by atoms with van der Waals surface area (Å²) in [5.74, 6) is 0.855. The summed E-state index contributed by atoms with van der Waals surface area (Å²) < 4.78 is 6.61. The highest BCUT2D eigenvalue weighted by molar-refractivity contribution is 9.10. The maximum Gasteiger partial charge on any atom is 0.234 e. The van der Waals surface area contributed by atoms with E-state index in [1.807, 2.05) is 13.8 Å². The summed E-state index contributed by atoms with van der Waals surface area (Å²) in [6.07, 6.45) is 1.08. The summed E-state index contributed by atoms with van der Waals surface area (Å²) in [5.41, 5.74) is 9.73. The van der Waals surface area contributed by atoms with E-state index < -0.39 is 0 Å². The first-order chi connectivity index (χ1) is 8.93. The van der Waals surface area contributed by atoms with Crippen LogP contribution in [0.1, 0.15) is 28.7 Å². The van der Waals surface area contributed by atoms with Crippen LogP contribution in [0, 0.1) is 20.8 Å². The fraction of sp³-hybridized carbons (Fsp3) is 0.500. The van der Waals surface area contributed by atoms with Crippen molar-refractivity contribution < 1.29 is 9.53 Å². The molecule has 19 heavy (non-hydrogen) atoms. The van der Waals surface area contributed by atoms with E-state index in [0.29, 0.717) is 12.8 Å². The van der Waals surface area contributed by atoms with Gasteiger partial charge in [0.15, 0.2) is 0 Å². The molecule has 4 nitrogen and oxygen atoms in total. The lowest BCUT2D eigenvalue weighted by atomic mass is 9.96. The first-order valence-corrected chi connectivity index (χ1v) is 7.01. The van der Waals surface area contributed by atoms with Gasteiger partial charge in [-0.25, -0.2) is 5.43 Å². The molecular formula is C14H21BrN2O2.